The van der Waals surface area contributed by atoms with E-state index in [1.54, 1.807) is 0 Å². The summed E-state index contributed by atoms with van der Waals surface area (Å²) < 4.78 is 0. The molecule has 1 unspecified atom stereocenters. The van der Waals surface area contributed by atoms with E-state index in [1.807, 2.05) is 11.8 Å². The molecule has 3 heteroatoms. The van der Waals surface area contributed by atoms with Crippen LogP contribution in [0.2, 0.25) is 0 Å². The highest BCUT2D eigenvalue weighted by Gasteiger charge is 2.14. The maximum atomic E-state index is 3.48. The minimum Gasteiger partial charge on any atom is -0.316 e. The first-order chi connectivity index (χ1) is 6.83. The summed E-state index contributed by atoms with van der Waals surface area (Å²) in [6.45, 7) is 7.21. The van der Waals surface area contributed by atoms with Gasteiger partial charge in [0, 0.05) is 18.8 Å². The number of hydrogen-bond donors (Lipinski definition) is 1. The first kappa shape index (κ1) is 12.3. The van der Waals surface area contributed by atoms with E-state index in [4.69, 9.17) is 0 Å². The first-order valence-corrected chi connectivity index (χ1v) is 6.95. The monoisotopic (exact) mass is 216 g/mol. The van der Waals surface area contributed by atoms with Crippen LogP contribution in [0.4, 0.5) is 0 Å². The molecule has 0 radical (unpaired) electrons. The highest BCUT2D eigenvalue weighted by molar-refractivity contribution is 7.99. The minimum absolute atomic E-state index is 0.889. The number of nitrogens with one attached hydrogen (secondary N) is 1. The van der Waals surface area contributed by atoms with Crippen LogP contribution in [0, 0.1) is 5.92 Å². The zero-order chi connectivity index (χ0) is 10.2. The van der Waals surface area contributed by atoms with Crippen LogP contribution in [-0.2, 0) is 0 Å². The van der Waals surface area contributed by atoms with Gasteiger partial charge in [0.2, 0.25) is 0 Å². The topological polar surface area (TPSA) is 15.3 Å². The molecule has 1 aliphatic heterocycles. The number of hydrogen-bond acceptors (Lipinski definition) is 3. The van der Waals surface area contributed by atoms with Gasteiger partial charge < -0.3 is 10.2 Å². The van der Waals surface area contributed by atoms with Gasteiger partial charge >= 0.3 is 0 Å². The SMILES string of the molecule is CCSCCN(C)CC1CCCNC1. The lowest BCUT2D eigenvalue weighted by Gasteiger charge is -2.27. The van der Waals surface area contributed by atoms with E-state index >= 15 is 0 Å². The van der Waals surface area contributed by atoms with E-state index in [0.29, 0.717) is 0 Å². The molecule has 0 bridgehead atoms. The van der Waals surface area contributed by atoms with Crippen LogP contribution in [0.3, 0.4) is 0 Å². The van der Waals surface area contributed by atoms with Gasteiger partial charge in [-0.3, -0.25) is 0 Å². The number of nitrogens with zero attached hydrogens (tertiary/aromatic N) is 1. The van der Waals surface area contributed by atoms with Gasteiger partial charge in [-0.15, -0.1) is 0 Å². The molecule has 84 valence electrons. The van der Waals surface area contributed by atoms with Gasteiger partial charge in [0.15, 0.2) is 0 Å². The van der Waals surface area contributed by atoms with Crippen LogP contribution in [0.1, 0.15) is 19.8 Å². The Morgan fingerprint density at radius 3 is 3.00 bits per heavy atom. The lowest BCUT2D eigenvalue weighted by Crippen LogP contribution is -2.37. The Balaban J connectivity index is 2.03. The molecule has 0 amide bonds. The quantitative estimate of drug-likeness (QED) is 0.680. The third-order valence-corrected chi connectivity index (χ3v) is 3.67. The van der Waals surface area contributed by atoms with E-state index < -0.39 is 0 Å². The highest BCUT2D eigenvalue weighted by Crippen LogP contribution is 2.11. The minimum atomic E-state index is 0.889. The van der Waals surface area contributed by atoms with Crippen molar-refractivity contribution in [3.63, 3.8) is 0 Å². The molecule has 0 aromatic heterocycles. The van der Waals surface area contributed by atoms with Crippen molar-refractivity contribution in [3.8, 4) is 0 Å². The Hall–Kier alpha value is 0.270. The van der Waals surface area contributed by atoms with Crippen molar-refractivity contribution in [1.82, 2.24) is 10.2 Å². The van der Waals surface area contributed by atoms with Crippen LogP contribution in [0.25, 0.3) is 0 Å². The average Bonchev–Trinajstić information content (AvgIpc) is 2.20. The van der Waals surface area contributed by atoms with Gasteiger partial charge in [-0.25, -0.2) is 0 Å². The average molecular weight is 216 g/mol. The zero-order valence-corrected chi connectivity index (χ0v) is 10.4. The van der Waals surface area contributed by atoms with E-state index in [2.05, 4.69) is 24.2 Å². The second-order valence-electron chi connectivity index (χ2n) is 4.17. The summed E-state index contributed by atoms with van der Waals surface area (Å²) in [7, 11) is 2.25. The van der Waals surface area contributed by atoms with Gasteiger partial charge in [0.25, 0.3) is 0 Å². The molecule has 1 heterocycles. The maximum Gasteiger partial charge on any atom is 0.00694 e. The number of thioether (sulfide) groups is 1. The molecule has 1 rings (SSSR count). The molecule has 14 heavy (non-hydrogen) atoms. The molecule has 2 nitrogen and oxygen atoms in total. The molecular weight excluding hydrogens is 192 g/mol. The molecule has 1 atom stereocenters. The third kappa shape index (κ3) is 5.23. The second kappa shape index (κ2) is 7.55. The molecule has 0 aliphatic carbocycles. The fourth-order valence-corrected chi connectivity index (χ4v) is 2.71. The van der Waals surface area contributed by atoms with Gasteiger partial charge in [-0.05, 0) is 44.6 Å². The van der Waals surface area contributed by atoms with Gasteiger partial charge in [-0.1, -0.05) is 6.92 Å². The predicted octanol–water partition coefficient (Wildman–Crippen LogP) is 1.67. The van der Waals surface area contributed by atoms with Crippen molar-refractivity contribution in [2.24, 2.45) is 5.92 Å². The molecule has 0 spiro atoms. The molecule has 0 aromatic carbocycles. The fraction of sp³-hybridized carbons (Fsp3) is 1.00. The van der Waals surface area contributed by atoms with Gasteiger partial charge in [0.05, 0.1) is 0 Å². The van der Waals surface area contributed by atoms with Crippen molar-refractivity contribution in [2.75, 3.05) is 44.7 Å². The molecule has 0 saturated carbocycles. The molecule has 1 saturated heterocycles. The van der Waals surface area contributed by atoms with Crippen molar-refractivity contribution in [3.05, 3.63) is 0 Å². The summed E-state index contributed by atoms with van der Waals surface area (Å²) in [5, 5.41) is 3.48. The Kier molecular flexibility index (Phi) is 6.65. The third-order valence-electron chi connectivity index (χ3n) is 2.79. The van der Waals surface area contributed by atoms with Gasteiger partial charge in [0.1, 0.15) is 0 Å². The van der Waals surface area contributed by atoms with Crippen molar-refractivity contribution in [2.45, 2.75) is 19.8 Å². The molecular formula is C11H24N2S. The summed E-state index contributed by atoms with van der Waals surface area (Å²) in [5.41, 5.74) is 0. The smallest absolute Gasteiger partial charge is 0.00694 e. The van der Waals surface area contributed by atoms with E-state index in [0.717, 1.165) is 5.92 Å². The van der Waals surface area contributed by atoms with E-state index in [9.17, 15) is 0 Å². The van der Waals surface area contributed by atoms with Crippen molar-refractivity contribution >= 4 is 11.8 Å². The lowest BCUT2D eigenvalue weighted by molar-refractivity contribution is 0.253. The van der Waals surface area contributed by atoms with Crippen molar-refractivity contribution < 1.29 is 0 Å². The maximum absolute atomic E-state index is 3.48. The largest absolute Gasteiger partial charge is 0.316 e. The Labute approximate surface area is 92.8 Å². The van der Waals surface area contributed by atoms with Crippen LogP contribution in [-0.4, -0.2) is 49.6 Å². The van der Waals surface area contributed by atoms with Crippen LogP contribution in [0.15, 0.2) is 0 Å². The lowest BCUT2D eigenvalue weighted by atomic mass is 9.99. The Morgan fingerprint density at radius 2 is 2.36 bits per heavy atom. The summed E-state index contributed by atoms with van der Waals surface area (Å²) in [6.07, 6.45) is 2.78. The normalized spacial score (nSPS) is 22.9. The molecule has 1 N–H and O–H groups in total. The molecule has 0 aromatic rings. The van der Waals surface area contributed by atoms with Crippen LogP contribution >= 0.6 is 11.8 Å². The standard InChI is InChI=1S/C11H24N2S/c1-3-14-8-7-13(2)10-11-5-4-6-12-9-11/h11-12H,3-10H2,1-2H3. The van der Waals surface area contributed by atoms with Crippen LogP contribution in [0.5, 0.6) is 0 Å². The summed E-state index contributed by atoms with van der Waals surface area (Å²) >= 11 is 2.04. The summed E-state index contributed by atoms with van der Waals surface area (Å²) in [4.78, 5) is 2.49. The number of rotatable bonds is 6. The number of piperidine rings is 1. The first-order valence-electron chi connectivity index (χ1n) is 5.80. The van der Waals surface area contributed by atoms with Crippen LogP contribution < -0.4 is 5.32 Å². The summed E-state index contributed by atoms with van der Waals surface area (Å²) in [6, 6.07) is 0. The van der Waals surface area contributed by atoms with E-state index in [-0.39, 0.29) is 0 Å². The Bertz CT molecular complexity index is 135. The molecule has 1 fully saturated rings. The predicted molar refractivity (Wildman–Crippen MR) is 66.1 cm³/mol. The fourth-order valence-electron chi connectivity index (χ4n) is 1.98. The zero-order valence-electron chi connectivity index (χ0n) is 9.59. The van der Waals surface area contributed by atoms with Gasteiger partial charge in [-0.2, -0.15) is 11.8 Å². The van der Waals surface area contributed by atoms with Crippen molar-refractivity contribution in [1.29, 1.82) is 0 Å². The summed E-state index contributed by atoms with van der Waals surface area (Å²) in [5.74, 6) is 3.42. The Morgan fingerprint density at radius 1 is 1.50 bits per heavy atom. The van der Waals surface area contributed by atoms with E-state index in [1.165, 1.54) is 50.5 Å². The second-order valence-corrected chi connectivity index (χ2v) is 5.57. The highest BCUT2D eigenvalue weighted by atomic mass is 32.2. The molecule has 1 aliphatic rings.